The number of hydrogen-bond donors (Lipinski definition) is 1. The predicted molar refractivity (Wildman–Crippen MR) is 70.8 cm³/mol. The van der Waals surface area contributed by atoms with Gasteiger partial charge in [-0.05, 0) is 40.0 Å². The Kier molecular flexibility index (Phi) is 5.33. The monoisotopic (exact) mass is 249 g/mol. The van der Waals surface area contributed by atoms with Crippen LogP contribution in [0.1, 0.15) is 48.0 Å². The third kappa shape index (κ3) is 3.36. The third-order valence-corrected chi connectivity index (χ3v) is 3.36. The molecule has 0 radical (unpaired) electrons. The van der Waals surface area contributed by atoms with E-state index in [4.69, 9.17) is 15.0 Å². The summed E-state index contributed by atoms with van der Waals surface area (Å²) in [7, 11) is -0.266. The molecule has 96 valence electrons. The molecule has 0 aliphatic carbocycles. The van der Waals surface area contributed by atoms with Gasteiger partial charge >= 0.3 is 7.12 Å². The molecule has 1 rings (SSSR count). The molecule has 0 aromatic rings. The highest BCUT2D eigenvalue weighted by molar-refractivity contribution is 6.47. The topological polar surface area (TPSA) is 44.5 Å². The van der Waals surface area contributed by atoms with Crippen LogP contribution < -0.4 is 5.73 Å². The van der Waals surface area contributed by atoms with Gasteiger partial charge in [-0.25, -0.2) is 0 Å². The largest absolute Gasteiger partial charge is 0.475 e. The summed E-state index contributed by atoms with van der Waals surface area (Å²) in [5, 5.41) is 0. The van der Waals surface area contributed by atoms with E-state index in [1.54, 1.807) is 0 Å². The molecule has 5 heteroatoms. The fourth-order valence-corrected chi connectivity index (χ4v) is 1.72. The van der Waals surface area contributed by atoms with Gasteiger partial charge < -0.3 is 15.0 Å². The smallest absolute Gasteiger partial charge is 0.402 e. The third-order valence-electron chi connectivity index (χ3n) is 3.36. The van der Waals surface area contributed by atoms with E-state index in [0.717, 1.165) is 6.42 Å². The SMILES string of the molecule is CC(C)C[C@H](N)B1OC(C)(C)C(C)(C)O1.Cl. The van der Waals surface area contributed by atoms with Crippen molar-refractivity contribution in [3.63, 3.8) is 0 Å². The zero-order chi connectivity index (χ0) is 11.9. The zero-order valence-corrected chi connectivity index (χ0v) is 12.1. The highest BCUT2D eigenvalue weighted by atomic mass is 35.5. The van der Waals surface area contributed by atoms with Crippen LogP contribution >= 0.6 is 12.4 Å². The van der Waals surface area contributed by atoms with Crippen LogP contribution in [0, 0.1) is 5.92 Å². The van der Waals surface area contributed by atoms with Crippen molar-refractivity contribution in [2.75, 3.05) is 0 Å². The number of nitrogens with two attached hydrogens (primary N) is 1. The van der Waals surface area contributed by atoms with E-state index in [1.807, 2.05) is 0 Å². The first kappa shape index (κ1) is 16.2. The predicted octanol–water partition coefficient (Wildman–Crippen LogP) is 2.41. The molecule has 0 aromatic heterocycles. The van der Waals surface area contributed by atoms with E-state index in [2.05, 4.69) is 41.5 Å². The molecule has 3 nitrogen and oxygen atoms in total. The van der Waals surface area contributed by atoms with E-state index < -0.39 is 0 Å². The first-order valence-electron chi connectivity index (χ1n) is 5.77. The maximum atomic E-state index is 6.07. The first-order valence-corrected chi connectivity index (χ1v) is 5.77. The molecule has 2 N–H and O–H groups in total. The van der Waals surface area contributed by atoms with Crippen LogP contribution in [0.4, 0.5) is 0 Å². The molecule has 0 spiro atoms. The second-order valence-corrected chi connectivity index (χ2v) is 5.92. The lowest BCUT2D eigenvalue weighted by atomic mass is 9.75. The Bertz CT molecular complexity index is 218. The molecule has 0 unspecified atom stereocenters. The minimum absolute atomic E-state index is 0. The molecule has 1 aliphatic rings. The molecule has 16 heavy (non-hydrogen) atoms. The molecule has 0 bridgehead atoms. The van der Waals surface area contributed by atoms with Crippen LogP contribution in [0.15, 0.2) is 0 Å². The average Bonchev–Trinajstić information content (AvgIpc) is 2.20. The zero-order valence-electron chi connectivity index (χ0n) is 11.2. The Morgan fingerprint density at radius 2 is 1.44 bits per heavy atom. The Morgan fingerprint density at radius 3 is 1.75 bits per heavy atom. The van der Waals surface area contributed by atoms with Crippen molar-refractivity contribution in [1.82, 2.24) is 0 Å². The van der Waals surface area contributed by atoms with Crippen molar-refractivity contribution < 1.29 is 9.31 Å². The van der Waals surface area contributed by atoms with E-state index >= 15 is 0 Å². The van der Waals surface area contributed by atoms with Crippen LogP contribution in [0.2, 0.25) is 0 Å². The van der Waals surface area contributed by atoms with Crippen molar-refractivity contribution >= 4 is 19.5 Å². The standard InChI is InChI=1S/C11H24BNO2.ClH/c1-8(2)7-9(13)12-14-10(3,4)11(5,6)15-12;/h8-9H,7,13H2,1-6H3;1H/t9-;/m0./s1. The molecule has 1 aliphatic heterocycles. The molecule has 0 saturated carbocycles. The van der Waals surface area contributed by atoms with Gasteiger partial charge in [0, 0.05) is 5.94 Å². The van der Waals surface area contributed by atoms with E-state index in [-0.39, 0.29) is 36.7 Å². The number of halogens is 1. The van der Waals surface area contributed by atoms with Crippen molar-refractivity contribution in [3.05, 3.63) is 0 Å². The Labute approximate surface area is 106 Å². The molecule has 1 atom stereocenters. The van der Waals surface area contributed by atoms with Crippen LogP contribution in [0.5, 0.6) is 0 Å². The summed E-state index contributed by atoms with van der Waals surface area (Å²) in [5.41, 5.74) is 5.53. The van der Waals surface area contributed by atoms with Gasteiger partial charge in [-0.1, -0.05) is 13.8 Å². The molecular formula is C11H25BClNO2. The maximum Gasteiger partial charge on any atom is 0.475 e. The molecule has 1 heterocycles. The highest BCUT2D eigenvalue weighted by Crippen LogP contribution is 2.37. The van der Waals surface area contributed by atoms with Crippen molar-refractivity contribution in [1.29, 1.82) is 0 Å². The van der Waals surface area contributed by atoms with E-state index in [0.29, 0.717) is 5.92 Å². The summed E-state index contributed by atoms with van der Waals surface area (Å²) in [6.45, 7) is 12.5. The van der Waals surface area contributed by atoms with E-state index in [9.17, 15) is 0 Å². The van der Waals surface area contributed by atoms with Gasteiger partial charge in [0.2, 0.25) is 0 Å². The lowest BCUT2D eigenvalue weighted by Crippen LogP contribution is -2.42. The van der Waals surface area contributed by atoms with Crippen molar-refractivity contribution in [2.45, 2.75) is 65.1 Å². The summed E-state index contributed by atoms with van der Waals surface area (Å²) < 4.78 is 11.8. The lowest BCUT2D eigenvalue weighted by Gasteiger charge is -2.32. The number of rotatable bonds is 3. The fraction of sp³-hybridized carbons (Fsp3) is 1.00. The summed E-state index contributed by atoms with van der Waals surface area (Å²) in [5.74, 6) is 0.532. The van der Waals surface area contributed by atoms with Gasteiger partial charge in [-0.3, -0.25) is 0 Å². The first-order chi connectivity index (χ1) is 6.66. The molecule has 1 fully saturated rings. The Hall–Kier alpha value is 0.235. The van der Waals surface area contributed by atoms with Crippen molar-refractivity contribution in [3.8, 4) is 0 Å². The molecular weight excluding hydrogens is 224 g/mol. The molecule has 0 amide bonds. The van der Waals surface area contributed by atoms with Crippen LogP contribution in [-0.2, 0) is 9.31 Å². The maximum absolute atomic E-state index is 6.07. The van der Waals surface area contributed by atoms with Crippen molar-refractivity contribution in [2.24, 2.45) is 11.7 Å². The summed E-state index contributed by atoms with van der Waals surface area (Å²) >= 11 is 0. The quantitative estimate of drug-likeness (QED) is 0.781. The summed E-state index contributed by atoms with van der Waals surface area (Å²) in [4.78, 5) is 0. The highest BCUT2D eigenvalue weighted by Gasteiger charge is 2.52. The summed E-state index contributed by atoms with van der Waals surface area (Å²) in [6.07, 6.45) is 0.927. The van der Waals surface area contributed by atoms with E-state index in [1.165, 1.54) is 0 Å². The van der Waals surface area contributed by atoms with Gasteiger partial charge in [-0.2, -0.15) is 0 Å². The van der Waals surface area contributed by atoms with Gasteiger partial charge in [0.1, 0.15) is 0 Å². The van der Waals surface area contributed by atoms with Crippen LogP contribution in [0.25, 0.3) is 0 Å². The van der Waals surface area contributed by atoms with Gasteiger partial charge in [0.15, 0.2) is 0 Å². The summed E-state index contributed by atoms with van der Waals surface area (Å²) in [6, 6.07) is 0. The van der Waals surface area contributed by atoms with Gasteiger partial charge in [-0.15, -0.1) is 12.4 Å². The lowest BCUT2D eigenvalue weighted by molar-refractivity contribution is 0.00578. The fourth-order valence-electron chi connectivity index (χ4n) is 1.72. The van der Waals surface area contributed by atoms with Gasteiger partial charge in [0.05, 0.1) is 11.2 Å². The Balaban J connectivity index is 0.00000225. The average molecular weight is 250 g/mol. The second-order valence-electron chi connectivity index (χ2n) is 5.92. The molecule has 1 saturated heterocycles. The normalized spacial score (nSPS) is 24.4. The molecule has 0 aromatic carbocycles. The van der Waals surface area contributed by atoms with Gasteiger partial charge in [0.25, 0.3) is 0 Å². The second kappa shape index (κ2) is 5.26. The van der Waals surface area contributed by atoms with Crippen LogP contribution in [-0.4, -0.2) is 24.3 Å². The minimum atomic E-state index is -0.272. The minimum Gasteiger partial charge on any atom is -0.402 e. The number of hydrogen-bond acceptors (Lipinski definition) is 3. The van der Waals surface area contributed by atoms with Crippen LogP contribution in [0.3, 0.4) is 0 Å². The Morgan fingerprint density at radius 1 is 1.06 bits per heavy atom.